The molecule has 0 aliphatic heterocycles. The van der Waals surface area contributed by atoms with Gasteiger partial charge in [0.2, 0.25) is 0 Å². The zero-order valence-electron chi connectivity index (χ0n) is 9.81. The van der Waals surface area contributed by atoms with Crippen molar-refractivity contribution in [2.75, 3.05) is 20.0 Å². The maximum absolute atomic E-state index is 5.91. The summed E-state index contributed by atoms with van der Waals surface area (Å²) in [6, 6.07) is 7.38. The van der Waals surface area contributed by atoms with E-state index in [1.54, 1.807) is 32.7 Å². The number of nitrogen functional groups attached to an aromatic ring is 1. The first kappa shape index (κ1) is 11.3. The van der Waals surface area contributed by atoms with E-state index in [0.29, 0.717) is 5.69 Å². The first-order chi connectivity index (χ1) is 8.24. The molecule has 0 aliphatic carbocycles. The number of benzene rings is 1. The van der Waals surface area contributed by atoms with Crippen LogP contribution >= 0.6 is 0 Å². The second kappa shape index (κ2) is 4.74. The van der Waals surface area contributed by atoms with Crippen LogP contribution in [0.1, 0.15) is 0 Å². The molecular weight excluding hydrogens is 216 g/mol. The van der Waals surface area contributed by atoms with Crippen LogP contribution in [0.3, 0.4) is 0 Å². The van der Waals surface area contributed by atoms with Crippen LogP contribution in [-0.4, -0.2) is 19.2 Å². The van der Waals surface area contributed by atoms with E-state index >= 15 is 0 Å². The normalized spacial score (nSPS) is 10.0. The molecule has 0 saturated heterocycles. The van der Waals surface area contributed by atoms with Crippen molar-refractivity contribution < 1.29 is 9.47 Å². The van der Waals surface area contributed by atoms with E-state index in [0.717, 1.165) is 22.6 Å². The average molecular weight is 230 g/mol. The Kier molecular flexibility index (Phi) is 3.14. The van der Waals surface area contributed by atoms with E-state index < -0.39 is 0 Å². The monoisotopic (exact) mass is 230 g/mol. The maximum Gasteiger partial charge on any atom is 0.123 e. The Bertz CT molecular complexity index is 504. The van der Waals surface area contributed by atoms with Gasteiger partial charge in [-0.2, -0.15) is 0 Å². The number of methoxy groups -OCH3 is 2. The van der Waals surface area contributed by atoms with Gasteiger partial charge in [-0.1, -0.05) is 0 Å². The summed E-state index contributed by atoms with van der Waals surface area (Å²) in [7, 11) is 3.23. The van der Waals surface area contributed by atoms with Gasteiger partial charge in [-0.25, -0.2) is 0 Å². The minimum atomic E-state index is 0.676. The molecule has 1 heterocycles. The molecule has 0 radical (unpaired) electrons. The Morgan fingerprint density at radius 3 is 2.24 bits per heavy atom. The summed E-state index contributed by atoms with van der Waals surface area (Å²) in [5.74, 6) is 1.45. The molecular formula is C13H14N2O2. The van der Waals surface area contributed by atoms with Gasteiger partial charge in [0.1, 0.15) is 11.5 Å². The maximum atomic E-state index is 5.91. The van der Waals surface area contributed by atoms with E-state index in [2.05, 4.69) is 4.98 Å². The fraction of sp³-hybridized carbons (Fsp3) is 0.154. The van der Waals surface area contributed by atoms with Crippen LogP contribution in [0.2, 0.25) is 0 Å². The number of nitrogens with two attached hydrogens (primary N) is 1. The lowest BCUT2D eigenvalue weighted by Crippen LogP contribution is -1.93. The van der Waals surface area contributed by atoms with Crippen molar-refractivity contribution in [1.82, 2.24) is 4.98 Å². The van der Waals surface area contributed by atoms with Gasteiger partial charge in [0.05, 0.1) is 14.2 Å². The fourth-order valence-corrected chi connectivity index (χ4v) is 1.61. The SMILES string of the molecule is COc1cc(OC)cc(-c2cnccc2N)c1. The van der Waals surface area contributed by atoms with Crippen LogP contribution in [0.4, 0.5) is 5.69 Å². The van der Waals surface area contributed by atoms with Gasteiger partial charge >= 0.3 is 0 Å². The Balaban J connectivity index is 2.55. The number of hydrogen-bond acceptors (Lipinski definition) is 4. The van der Waals surface area contributed by atoms with Crippen molar-refractivity contribution >= 4 is 5.69 Å². The van der Waals surface area contributed by atoms with Crippen LogP contribution in [0.15, 0.2) is 36.7 Å². The second-order valence-corrected chi connectivity index (χ2v) is 3.56. The number of anilines is 1. The van der Waals surface area contributed by atoms with Gasteiger partial charge in [-0.3, -0.25) is 4.98 Å². The predicted molar refractivity (Wildman–Crippen MR) is 67.2 cm³/mol. The summed E-state index contributed by atoms with van der Waals surface area (Å²) in [6.45, 7) is 0. The Morgan fingerprint density at radius 1 is 1.06 bits per heavy atom. The molecule has 1 aromatic carbocycles. The van der Waals surface area contributed by atoms with Crippen molar-refractivity contribution in [2.24, 2.45) is 0 Å². The third kappa shape index (κ3) is 2.30. The molecule has 0 unspecified atom stereocenters. The Labute approximate surface area is 100 Å². The smallest absolute Gasteiger partial charge is 0.123 e. The van der Waals surface area contributed by atoms with E-state index in [1.165, 1.54) is 0 Å². The summed E-state index contributed by atoms with van der Waals surface area (Å²) in [6.07, 6.45) is 3.39. The summed E-state index contributed by atoms with van der Waals surface area (Å²) >= 11 is 0. The molecule has 4 heteroatoms. The first-order valence-electron chi connectivity index (χ1n) is 5.17. The summed E-state index contributed by atoms with van der Waals surface area (Å²) in [4.78, 5) is 4.07. The Morgan fingerprint density at radius 2 is 1.71 bits per heavy atom. The number of pyridine rings is 1. The molecule has 2 aromatic rings. The van der Waals surface area contributed by atoms with E-state index in [1.807, 2.05) is 18.2 Å². The highest BCUT2D eigenvalue weighted by Gasteiger charge is 2.06. The van der Waals surface area contributed by atoms with Gasteiger partial charge in [0, 0.05) is 29.7 Å². The highest BCUT2D eigenvalue weighted by atomic mass is 16.5. The van der Waals surface area contributed by atoms with E-state index in [9.17, 15) is 0 Å². The van der Waals surface area contributed by atoms with Gasteiger partial charge in [-0.05, 0) is 23.8 Å². The quantitative estimate of drug-likeness (QED) is 0.879. The lowest BCUT2D eigenvalue weighted by atomic mass is 10.1. The van der Waals surface area contributed by atoms with Crippen molar-refractivity contribution in [1.29, 1.82) is 0 Å². The minimum absolute atomic E-state index is 0.676. The average Bonchev–Trinajstić information content (AvgIpc) is 2.38. The van der Waals surface area contributed by atoms with Gasteiger partial charge in [-0.15, -0.1) is 0 Å². The van der Waals surface area contributed by atoms with Crippen molar-refractivity contribution in [2.45, 2.75) is 0 Å². The third-order valence-corrected chi connectivity index (χ3v) is 2.52. The minimum Gasteiger partial charge on any atom is -0.497 e. The van der Waals surface area contributed by atoms with Crippen LogP contribution in [0.25, 0.3) is 11.1 Å². The van der Waals surface area contributed by atoms with Crippen LogP contribution in [0.5, 0.6) is 11.5 Å². The molecule has 17 heavy (non-hydrogen) atoms. The van der Waals surface area contributed by atoms with Crippen molar-refractivity contribution in [3.8, 4) is 22.6 Å². The molecule has 1 aromatic heterocycles. The Hall–Kier alpha value is -2.23. The van der Waals surface area contributed by atoms with Crippen molar-refractivity contribution in [3.63, 3.8) is 0 Å². The van der Waals surface area contributed by atoms with Crippen LogP contribution < -0.4 is 15.2 Å². The number of ether oxygens (including phenoxy) is 2. The molecule has 2 N–H and O–H groups in total. The van der Waals surface area contributed by atoms with Gasteiger partial charge in [0.15, 0.2) is 0 Å². The van der Waals surface area contributed by atoms with E-state index in [-0.39, 0.29) is 0 Å². The summed E-state index contributed by atoms with van der Waals surface area (Å²) < 4.78 is 10.4. The summed E-state index contributed by atoms with van der Waals surface area (Å²) in [5, 5.41) is 0. The van der Waals surface area contributed by atoms with Crippen LogP contribution in [-0.2, 0) is 0 Å². The zero-order chi connectivity index (χ0) is 12.3. The highest BCUT2D eigenvalue weighted by Crippen LogP contribution is 2.31. The molecule has 88 valence electrons. The number of hydrogen-bond donors (Lipinski definition) is 1. The molecule has 0 atom stereocenters. The lowest BCUT2D eigenvalue weighted by molar-refractivity contribution is 0.394. The van der Waals surface area contributed by atoms with Crippen LogP contribution in [0, 0.1) is 0 Å². The highest BCUT2D eigenvalue weighted by molar-refractivity contribution is 5.77. The second-order valence-electron chi connectivity index (χ2n) is 3.56. The largest absolute Gasteiger partial charge is 0.497 e. The third-order valence-electron chi connectivity index (χ3n) is 2.52. The van der Waals surface area contributed by atoms with Gasteiger partial charge in [0.25, 0.3) is 0 Å². The molecule has 0 amide bonds. The topological polar surface area (TPSA) is 57.4 Å². The standard InChI is InChI=1S/C13H14N2O2/c1-16-10-5-9(6-11(7-10)17-2)12-8-15-4-3-13(12)14/h3-8H,1-2H3,(H2,14,15). The molecule has 0 aliphatic rings. The molecule has 0 saturated carbocycles. The molecule has 4 nitrogen and oxygen atoms in total. The molecule has 0 spiro atoms. The van der Waals surface area contributed by atoms with Crippen molar-refractivity contribution in [3.05, 3.63) is 36.7 Å². The molecule has 0 bridgehead atoms. The lowest BCUT2D eigenvalue weighted by Gasteiger charge is -2.09. The fourth-order valence-electron chi connectivity index (χ4n) is 1.61. The van der Waals surface area contributed by atoms with Gasteiger partial charge < -0.3 is 15.2 Å². The number of nitrogens with zero attached hydrogens (tertiary/aromatic N) is 1. The predicted octanol–water partition coefficient (Wildman–Crippen LogP) is 2.35. The van der Waals surface area contributed by atoms with E-state index in [4.69, 9.17) is 15.2 Å². The first-order valence-corrected chi connectivity index (χ1v) is 5.17. The molecule has 0 fully saturated rings. The number of rotatable bonds is 3. The number of aromatic nitrogens is 1. The zero-order valence-corrected chi connectivity index (χ0v) is 9.81. The summed E-state index contributed by atoms with van der Waals surface area (Å²) in [5.41, 5.74) is 8.38. The molecule has 2 rings (SSSR count).